The SMILES string of the molecule is CSc1ccc([C@H]2c3cccn3-c3ccccc3CN2C(=O)Nc2cc(C)cc(C)c2)cc1. The van der Waals surface area contributed by atoms with E-state index in [4.69, 9.17) is 0 Å². The number of urea groups is 1. The summed E-state index contributed by atoms with van der Waals surface area (Å²) in [5.41, 5.74) is 7.48. The quantitative estimate of drug-likeness (QED) is 0.341. The summed E-state index contributed by atoms with van der Waals surface area (Å²) >= 11 is 1.72. The molecule has 3 aromatic carbocycles. The number of amides is 2. The Morgan fingerprint density at radius 3 is 2.39 bits per heavy atom. The number of aryl methyl sites for hydroxylation is 2. The number of anilines is 1. The largest absolute Gasteiger partial charge is 0.322 e. The van der Waals surface area contributed by atoms with E-state index in [1.807, 2.05) is 36.9 Å². The van der Waals surface area contributed by atoms with Gasteiger partial charge in [-0.05, 0) is 84.8 Å². The molecule has 0 unspecified atom stereocenters. The Morgan fingerprint density at radius 1 is 0.939 bits per heavy atom. The molecule has 33 heavy (non-hydrogen) atoms. The molecule has 0 fully saturated rings. The Balaban J connectivity index is 1.62. The predicted molar refractivity (Wildman–Crippen MR) is 136 cm³/mol. The van der Waals surface area contributed by atoms with Crippen molar-refractivity contribution in [1.82, 2.24) is 9.47 Å². The van der Waals surface area contributed by atoms with Crippen molar-refractivity contribution in [2.75, 3.05) is 11.6 Å². The molecule has 1 aromatic heterocycles. The molecule has 0 radical (unpaired) electrons. The summed E-state index contributed by atoms with van der Waals surface area (Å²) in [6, 6.07) is 26.9. The van der Waals surface area contributed by atoms with Gasteiger partial charge in [0, 0.05) is 22.5 Å². The number of nitrogens with one attached hydrogen (secondary N) is 1. The summed E-state index contributed by atoms with van der Waals surface area (Å²) in [4.78, 5) is 16.9. The molecule has 2 heterocycles. The monoisotopic (exact) mass is 453 g/mol. The van der Waals surface area contributed by atoms with Gasteiger partial charge in [0.25, 0.3) is 0 Å². The number of carbonyl (C=O) groups is 1. The zero-order chi connectivity index (χ0) is 22.9. The lowest BCUT2D eigenvalue weighted by atomic mass is 10.0. The standard InChI is InChI=1S/C28H27N3OS/c1-19-15-20(2)17-23(16-19)29-28(32)31-18-22-7-4-5-8-25(22)30-14-6-9-26(30)27(31)21-10-12-24(33-3)13-11-21/h4-17,27H,18H2,1-3H3,(H,29,32)/t27-/m0/s1. The first-order valence-electron chi connectivity index (χ1n) is 11.1. The van der Waals surface area contributed by atoms with Crippen LogP contribution in [0.2, 0.25) is 0 Å². The van der Waals surface area contributed by atoms with Gasteiger partial charge in [-0.25, -0.2) is 4.79 Å². The van der Waals surface area contributed by atoms with Gasteiger partial charge >= 0.3 is 6.03 Å². The fourth-order valence-corrected chi connectivity index (χ4v) is 5.13. The number of rotatable bonds is 3. The van der Waals surface area contributed by atoms with Crippen LogP contribution in [-0.2, 0) is 6.54 Å². The lowest BCUT2D eigenvalue weighted by molar-refractivity contribution is 0.194. The van der Waals surface area contributed by atoms with E-state index in [2.05, 4.69) is 83.0 Å². The molecular formula is C28H27N3OS. The van der Waals surface area contributed by atoms with Gasteiger partial charge in [-0.15, -0.1) is 11.8 Å². The van der Waals surface area contributed by atoms with Crippen LogP contribution in [0.15, 0.2) is 90.0 Å². The first-order chi connectivity index (χ1) is 16.0. The smallest absolute Gasteiger partial charge is 0.318 e. The molecule has 4 nitrogen and oxygen atoms in total. The summed E-state index contributed by atoms with van der Waals surface area (Å²) in [6.45, 7) is 4.62. The molecule has 5 heteroatoms. The highest BCUT2D eigenvalue weighted by molar-refractivity contribution is 7.98. The Hall–Kier alpha value is -3.44. The minimum absolute atomic E-state index is 0.108. The zero-order valence-corrected chi connectivity index (χ0v) is 19.9. The van der Waals surface area contributed by atoms with Crippen molar-refractivity contribution in [1.29, 1.82) is 0 Å². The molecule has 0 aliphatic carbocycles. The normalized spacial score (nSPS) is 14.9. The number of thioether (sulfide) groups is 1. The molecule has 0 saturated heterocycles. The van der Waals surface area contributed by atoms with Crippen molar-refractivity contribution in [2.24, 2.45) is 0 Å². The van der Waals surface area contributed by atoms with Crippen LogP contribution in [0.4, 0.5) is 10.5 Å². The highest BCUT2D eigenvalue weighted by Crippen LogP contribution is 2.37. The van der Waals surface area contributed by atoms with E-state index < -0.39 is 0 Å². The lowest BCUT2D eigenvalue weighted by Crippen LogP contribution is -2.38. The maximum absolute atomic E-state index is 13.8. The second-order valence-electron chi connectivity index (χ2n) is 8.54. The topological polar surface area (TPSA) is 37.3 Å². The van der Waals surface area contributed by atoms with E-state index in [9.17, 15) is 4.79 Å². The van der Waals surface area contributed by atoms with E-state index in [0.29, 0.717) is 6.54 Å². The van der Waals surface area contributed by atoms with Gasteiger partial charge in [0.2, 0.25) is 0 Å². The summed E-state index contributed by atoms with van der Waals surface area (Å²) < 4.78 is 2.21. The molecule has 1 aliphatic rings. The molecule has 0 bridgehead atoms. The Kier molecular flexibility index (Phi) is 5.73. The van der Waals surface area contributed by atoms with Crippen LogP contribution in [0.3, 0.4) is 0 Å². The molecule has 166 valence electrons. The van der Waals surface area contributed by atoms with Gasteiger partial charge in [0.15, 0.2) is 0 Å². The molecule has 1 aliphatic heterocycles. The average Bonchev–Trinajstić information content (AvgIpc) is 3.23. The van der Waals surface area contributed by atoms with Gasteiger partial charge in [0.1, 0.15) is 0 Å². The third-order valence-electron chi connectivity index (χ3n) is 6.13. The van der Waals surface area contributed by atoms with E-state index in [0.717, 1.165) is 39.3 Å². The van der Waals surface area contributed by atoms with E-state index in [1.165, 1.54) is 4.90 Å². The number of benzene rings is 3. The Labute approximate surface area is 199 Å². The molecule has 0 spiro atoms. The fourth-order valence-electron chi connectivity index (χ4n) is 4.72. The number of para-hydroxylation sites is 1. The van der Waals surface area contributed by atoms with Gasteiger partial charge in [0.05, 0.1) is 18.3 Å². The van der Waals surface area contributed by atoms with Gasteiger partial charge < -0.3 is 14.8 Å². The fraction of sp³-hybridized carbons (Fsp3) is 0.179. The van der Waals surface area contributed by atoms with Crippen LogP contribution >= 0.6 is 11.8 Å². The third kappa shape index (κ3) is 4.16. The van der Waals surface area contributed by atoms with Crippen LogP contribution in [0.25, 0.3) is 5.69 Å². The summed E-state index contributed by atoms with van der Waals surface area (Å²) in [6.07, 6.45) is 4.16. The third-order valence-corrected chi connectivity index (χ3v) is 6.87. The van der Waals surface area contributed by atoms with Crippen molar-refractivity contribution in [3.63, 3.8) is 0 Å². The van der Waals surface area contributed by atoms with Crippen LogP contribution in [-0.4, -0.2) is 21.8 Å². The van der Waals surface area contributed by atoms with Crippen molar-refractivity contribution in [3.8, 4) is 5.69 Å². The predicted octanol–water partition coefficient (Wildman–Crippen LogP) is 6.95. The van der Waals surface area contributed by atoms with Crippen LogP contribution in [0.5, 0.6) is 0 Å². The maximum atomic E-state index is 13.8. The molecule has 1 N–H and O–H groups in total. The number of carbonyl (C=O) groups excluding carboxylic acids is 1. The first kappa shape index (κ1) is 21.4. The Morgan fingerprint density at radius 2 is 1.67 bits per heavy atom. The van der Waals surface area contributed by atoms with Gasteiger partial charge in [-0.3, -0.25) is 0 Å². The summed E-state index contributed by atoms with van der Waals surface area (Å²) in [5, 5.41) is 3.17. The Bertz CT molecular complexity index is 1290. The van der Waals surface area contributed by atoms with Gasteiger partial charge in [-0.1, -0.05) is 36.4 Å². The minimum Gasteiger partial charge on any atom is -0.318 e. The van der Waals surface area contributed by atoms with E-state index >= 15 is 0 Å². The number of hydrogen-bond acceptors (Lipinski definition) is 2. The van der Waals surface area contributed by atoms with Crippen molar-refractivity contribution in [2.45, 2.75) is 31.3 Å². The highest BCUT2D eigenvalue weighted by atomic mass is 32.2. The number of nitrogens with zero attached hydrogens (tertiary/aromatic N) is 2. The molecule has 1 atom stereocenters. The number of fused-ring (bicyclic) bond motifs is 3. The minimum atomic E-state index is -0.214. The maximum Gasteiger partial charge on any atom is 0.322 e. The second kappa shape index (κ2) is 8.83. The number of hydrogen-bond donors (Lipinski definition) is 1. The van der Waals surface area contributed by atoms with Gasteiger partial charge in [-0.2, -0.15) is 0 Å². The van der Waals surface area contributed by atoms with Crippen molar-refractivity contribution in [3.05, 3.63) is 113 Å². The van der Waals surface area contributed by atoms with Crippen LogP contribution in [0, 0.1) is 13.8 Å². The number of aromatic nitrogens is 1. The molecule has 2 amide bonds. The average molecular weight is 454 g/mol. The lowest BCUT2D eigenvalue weighted by Gasteiger charge is -2.31. The molecule has 5 rings (SSSR count). The van der Waals surface area contributed by atoms with Crippen LogP contribution < -0.4 is 5.32 Å². The highest BCUT2D eigenvalue weighted by Gasteiger charge is 2.33. The second-order valence-corrected chi connectivity index (χ2v) is 9.42. The molecule has 4 aromatic rings. The molecular weight excluding hydrogens is 426 g/mol. The van der Waals surface area contributed by atoms with Crippen molar-refractivity contribution >= 4 is 23.5 Å². The summed E-state index contributed by atoms with van der Waals surface area (Å²) in [7, 11) is 0. The first-order valence-corrected chi connectivity index (χ1v) is 12.3. The summed E-state index contributed by atoms with van der Waals surface area (Å²) in [5.74, 6) is 0. The van der Waals surface area contributed by atoms with Crippen LogP contribution in [0.1, 0.15) is 34.0 Å². The molecule has 0 saturated carbocycles. The van der Waals surface area contributed by atoms with Crippen molar-refractivity contribution < 1.29 is 4.79 Å². The van der Waals surface area contributed by atoms with E-state index in [1.54, 1.807) is 11.8 Å². The zero-order valence-electron chi connectivity index (χ0n) is 19.1. The van der Waals surface area contributed by atoms with E-state index in [-0.39, 0.29) is 12.1 Å².